The number of H-pyrrole nitrogens is 1. The summed E-state index contributed by atoms with van der Waals surface area (Å²) in [5.74, 6) is 0.628. The Morgan fingerprint density at radius 1 is 1.20 bits per heavy atom. The third-order valence-corrected chi connectivity index (χ3v) is 4.90. The lowest BCUT2D eigenvalue weighted by atomic mass is 9.77. The van der Waals surface area contributed by atoms with Gasteiger partial charge in [-0.05, 0) is 31.7 Å². The highest BCUT2D eigenvalue weighted by atomic mass is 15.2. The Labute approximate surface area is 120 Å². The molecule has 1 aliphatic carbocycles. The van der Waals surface area contributed by atoms with Crippen molar-refractivity contribution in [1.29, 1.82) is 0 Å². The molecule has 0 spiro atoms. The molecule has 0 aliphatic heterocycles. The van der Waals surface area contributed by atoms with Crippen molar-refractivity contribution in [3.05, 3.63) is 35.5 Å². The maximum atomic E-state index is 6.15. The molecular formula is C17H23N3. The SMILES string of the molecule is CCC1(c2[nH]nc(N)c2-c2ccc(C)cc2)CCCC1. The van der Waals surface area contributed by atoms with Crippen molar-refractivity contribution in [2.75, 3.05) is 5.73 Å². The number of aryl methyl sites for hydroxylation is 1. The lowest BCUT2D eigenvalue weighted by molar-refractivity contribution is 0.413. The molecule has 1 saturated carbocycles. The topological polar surface area (TPSA) is 54.7 Å². The highest BCUT2D eigenvalue weighted by Gasteiger charge is 2.38. The Morgan fingerprint density at radius 3 is 2.45 bits per heavy atom. The number of aromatic nitrogens is 2. The molecule has 0 radical (unpaired) electrons. The van der Waals surface area contributed by atoms with Crippen LogP contribution < -0.4 is 5.73 Å². The molecule has 2 aromatic rings. The molecule has 1 heterocycles. The van der Waals surface area contributed by atoms with Gasteiger partial charge in [0.1, 0.15) is 0 Å². The van der Waals surface area contributed by atoms with Crippen LogP contribution in [0.3, 0.4) is 0 Å². The smallest absolute Gasteiger partial charge is 0.153 e. The van der Waals surface area contributed by atoms with Gasteiger partial charge in [-0.1, -0.05) is 49.6 Å². The number of anilines is 1. The van der Waals surface area contributed by atoms with Crippen LogP contribution >= 0.6 is 0 Å². The third kappa shape index (κ3) is 2.01. The molecule has 0 bridgehead atoms. The van der Waals surface area contributed by atoms with E-state index >= 15 is 0 Å². The minimum absolute atomic E-state index is 0.241. The van der Waals surface area contributed by atoms with E-state index in [9.17, 15) is 0 Å². The van der Waals surface area contributed by atoms with Crippen molar-refractivity contribution in [3.8, 4) is 11.1 Å². The number of benzene rings is 1. The van der Waals surface area contributed by atoms with Gasteiger partial charge < -0.3 is 5.73 Å². The fourth-order valence-electron chi connectivity index (χ4n) is 3.58. The number of nitrogen functional groups attached to an aromatic ring is 1. The van der Waals surface area contributed by atoms with Crippen molar-refractivity contribution in [1.82, 2.24) is 10.2 Å². The molecule has 0 saturated heterocycles. The number of hydrogen-bond acceptors (Lipinski definition) is 2. The van der Waals surface area contributed by atoms with Gasteiger partial charge in [-0.3, -0.25) is 5.10 Å². The predicted molar refractivity (Wildman–Crippen MR) is 83.6 cm³/mol. The monoisotopic (exact) mass is 269 g/mol. The first-order chi connectivity index (χ1) is 9.66. The van der Waals surface area contributed by atoms with E-state index in [2.05, 4.69) is 48.3 Å². The molecule has 0 unspecified atom stereocenters. The molecule has 106 valence electrons. The van der Waals surface area contributed by atoms with Gasteiger partial charge in [0.15, 0.2) is 5.82 Å². The number of hydrogen-bond donors (Lipinski definition) is 2. The molecule has 3 rings (SSSR count). The normalized spacial score (nSPS) is 17.5. The average molecular weight is 269 g/mol. The summed E-state index contributed by atoms with van der Waals surface area (Å²) in [7, 11) is 0. The Balaban J connectivity index is 2.12. The Kier molecular flexibility index (Phi) is 3.28. The zero-order valence-electron chi connectivity index (χ0n) is 12.4. The van der Waals surface area contributed by atoms with Crippen molar-refractivity contribution in [3.63, 3.8) is 0 Å². The lowest BCUT2D eigenvalue weighted by Crippen LogP contribution is -2.22. The second kappa shape index (κ2) is 4.97. The van der Waals surface area contributed by atoms with E-state index in [0.29, 0.717) is 5.82 Å². The standard InChI is InChI=1S/C17H23N3/c1-3-17(10-4-5-11-17)15-14(16(18)20-19-15)13-8-6-12(2)7-9-13/h6-9H,3-5,10-11H2,1-2H3,(H3,18,19,20). The minimum Gasteiger partial charge on any atom is -0.382 e. The van der Waals surface area contributed by atoms with Crippen molar-refractivity contribution >= 4 is 5.82 Å². The maximum absolute atomic E-state index is 6.15. The van der Waals surface area contributed by atoms with Gasteiger partial charge in [0.05, 0.1) is 5.69 Å². The molecule has 1 fully saturated rings. The number of nitrogens with one attached hydrogen (secondary N) is 1. The van der Waals surface area contributed by atoms with E-state index in [4.69, 9.17) is 5.73 Å². The van der Waals surface area contributed by atoms with Crippen LogP contribution in [0.5, 0.6) is 0 Å². The van der Waals surface area contributed by atoms with Gasteiger partial charge in [0, 0.05) is 11.0 Å². The van der Waals surface area contributed by atoms with Crippen LogP contribution in [0, 0.1) is 6.92 Å². The molecule has 1 aromatic carbocycles. The molecule has 20 heavy (non-hydrogen) atoms. The summed E-state index contributed by atoms with van der Waals surface area (Å²) in [6.45, 7) is 4.38. The molecular weight excluding hydrogens is 246 g/mol. The third-order valence-electron chi connectivity index (χ3n) is 4.90. The largest absolute Gasteiger partial charge is 0.382 e. The van der Waals surface area contributed by atoms with Gasteiger partial charge in [0.2, 0.25) is 0 Å². The average Bonchev–Trinajstić information content (AvgIpc) is 3.07. The van der Waals surface area contributed by atoms with E-state index in [0.717, 1.165) is 12.0 Å². The van der Waals surface area contributed by atoms with E-state index in [1.165, 1.54) is 42.5 Å². The summed E-state index contributed by atoms with van der Waals surface area (Å²) >= 11 is 0. The van der Waals surface area contributed by atoms with Gasteiger partial charge in [-0.15, -0.1) is 0 Å². The molecule has 3 N–H and O–H groups in total. The summed E-state index contributed by atoms with van der Waals surface area (Å²) in [5.41, 5.74) is 11.2. The number of rotatable bonds is 3. The Hall–Kier alpha value is -1.77. The van der Waals surface area contributed by atoms with E-state index in [1.54, 1.807) is 0 Å². The number of nitrogens with two attached hydrogens (primary N) is 1. The summed E-state index contributed by atoms with van der Waals surface area (Å²) < 4.78 is 0. The fraction of sp³-hybridized carbons (Fsp3) is 0.471. The predicted octanol–water partition coefficient (Wildman–Crippen LogP) is 4.19. The van der Waals surface area contributed by atoms with Gasteiger partial charge in [-0.2, -0.15) is 5.10 Å². The highest BCUT2D eigenvalue weighted by Crippen LogP contribution is 2.47. The van der Waals surface area contributed by atoms with Crippen LogP contribution in [-0.2, 0) is 5.41 Å². The molecule has 1 aromatic heterocycles. The Morgan fingerprint density at radius 2 is 1.85 bits per heavy atom. The van der Waals surface area contributed by atoms with Gasteiger partial charge in [-0.25, -0.2) is 0 Å². The summed E-state index contributed by atoms with van der Waals surface area (Å²) in [4.78, 5) is 0. The van der Waals surface area contributed by atoms with Crippen LogP contribution in [0.2, 0.25) is 0 Å². The highest BCUT2D eigenvalue weighted by molar-refractivity contribution is 5.77. The number of nitrogens with zero attached hydrogens (tertiary/aromatic N) is 1. The second-order valence-electron chi connectivity index (χ2n) is 6.07. The van der Waals surface area contributed by atoms with Crippen LogP contribution in [0.4, 0.5) is 5.82 Å². The molecule has 3 nitrogen and oxygen atoms in total. The minimum atomic E-state index is 0.241. The lowest BCUT2D eigenvalue weighted by Gasteiger charge is -2.27. The first-order valence-corrected chi connectivity index (χ1v) is 7.58. The second-order valence-corrected chi connectivity index (χ2v) is 6.07. The molecule has 3 heteroatoms. The van der Waals surface area contributed by atoms with Crippen LogP contribution in [-0.4, -0.2) is 10.2 Å². The van der Waals surface area contributed by atoms with E-state index < -0.39 is 0 Å². The quantitative estimate of drug-likeness (QED) is 0.877. The fourth-order valence-corrected chi connectivity index (χ4v) is 3.58. The van der Waals surface area contributed by atoms with E-state index in [1.807, 2.05) is 0 Å². The summed E-state index contributed by atoms with van der Waals surface area (Å²) in [5, 5.41) is 7.55. The summed E-state index contributed by atoms with van der Waals surface area (Å²) in [6.07, 6.45) is 6.24. The van der Waals surface area contributed by atoms with Gasteiger partial charge >= 0.3 is 0 Å². The summed E-state index contributed by atoms with van der Waals surface area (Å²) in [6, 6.07) is 8.58. The zero-order valence-corrected chi connectivity index (χ0v) is 12.4. The zero-order chi connectivity index (χ0) is 14.2. The first-order valence-electron chi connectivity index (χ1n) is 7.58. The van der Waals surface area contributed by atoms with Crippen molar-refractivity contribution in [2.24, 2.45) is 0 Å². The van der Waals surface area contributed by atoms with Gasteiger partial charge in [0.25, 0.3) is 0 Å². The van der Waals surface area contributed by atoms with E-state index in [-0.39, 0.29) is 5.41 Å². The number of aromatic amines is 1. The van der Waals surface area contributed by atoms with Crippen molar-refractivity contribution < 1.29 is 0 Å². The molecule has 0 amide bonds. The first kappa shape index (κ1) is 13.2. The molecule has 0 atom stereocenters. The maximum Gasteiger partial charge on any atom is 0.153 e. The van der Waals surface area contributed by atoms with Crippen molar-refractivity contribution in [2.45, 2.75) is 51.4 Å². The Bertz CT molecular complexity index is 589. The van der Waals surface area contributed by atoms with Crippen LogP contribution in [0.15, 0.2) is 24.3 Å². The van der Waals surface area contributed by atoms with Crippen LogP contribution in [0.1, 0.15) is 50.3 Å². The van der Waals surface area contributed by atoms with Crippen LogP contribution in [0.25, 0.3) is 11.1 Å². The molecule has 1 aliphatic rings.